The number of fused-ring (bicyclic) bond motifs is 2. The molecule has 0 saturated heterocycles. The van der Waals surface area contributed by atoms with Gasteiger partial charge in [0.2, 0.25) is 12.7 Å². The van der Waals surface area contributed by atoms with E-state index in [1.54, 1.807) is 4.68 Å². The quantitative estimate of drug-likeness (QED) is 0.869. The molecule has 0 saturated carbocycles. The number of benzene rings is 1. The van der Waals surface area contributed by atoms with Crippen molar-refractivity contribution in [2.75, 3.05) is 12.1 Å². The molecule has 1 aromatic carbocycles. The molecule has 3 heterocycles. The van der Waals surface area contributed by atoms with Crippen LogP contribution in [-0.2, 0) is 11.8 Å². The second-order valence-electron chi connectivity index (χ2n) is 5.39. The highest BCUT2D eigenvalue weighted by Crippen LogP contribution is 2.42. The molecule has 6 nitrogen and oxygen atoms in total. The number of amides is 1. The van der Waals surface area contributed by atoms with Gasteiger partial charge in [-0.05, 0) is 24.6 Å². The monoisotopic (exact) mass is 285 g/mol. The summed E-state index contributed by atoms with van der Waals surface area (Å²) in [5.74, 6) is 2.28. The van der Waals surface area contributed by atoms with Gasteiger partial charge in [-0.3, -0.25) is 9.48 Å². The van der Waals surface area contributed by atoms with Crippen LogP contribution in [0.25, 0.3) is 0 Å². The predicted molar refractivity (Wildman–Crippen MR) is 75.6 cm³/mol. The zero-order valence-electron chi connectivity index (χ0n) is 11.8. The van der Waals surface area contributed by atoms with Crippen LogP contribution in [-0.4, -0.2) is 22.5 Å². The first-order chi connectivity index (χ1) is 10.1. The van der Waals surface area contributed by atoms with Crippen LogP contribution in [0.3, 0.4) is 0 Å². The molecule has 21 heavy (non-hydrogen) atoms. The molecule has 2 aliphatic rings. The average Bonchev–Trinajstić information content (AvgIpc) is 3.03. The summed E-state index contributed by atoms with van der Waals surface area (Å²) in [4.78, 5) is 12.0. The summed E-state index contributed by atoms with van der Waals surface area (Å²) in [6, 6.07) is 5.85. The summed E-state index contributed by atoms with van der Waals surface area (Å²) in [7, 11) is 1.84. The second kappa shape index (κ2) is 4.25. The molecular weight excluding hydrogens is 270 g/mol. The van der Waals surface area contributed by atoms with E-state index in [0.717, 1.165) is 34.1 Å². The van der Waals surface area contributed by atoms with Crippen LogP contribution in [0.5, 0.6) is 11.5 Å². The van der Waals surface area contributed by atoms with Gasteiger partial charge in [0.05, 0.1) is 5.69 Å². The lowest BCUT2D eigenvalue weighted by Crippen LogP contribution is -2.24. The van der Waals surface area contributed by atoms with E-state index >= 15 is 0 Å². The molecule has 0 unspecified atom stereocenters. The number of carbonyl (C=O) groups is 1. The Hall–Kier alpha value is -2.50. The number of hydrogen-bond acceptors (Lipinski definition) is 4. The molecule has 0 bridgehead atoms. The maximum Gasteiger partial charge on any atom is 0.231 e. The van der Waals surface area contributed by atoms with Gasteiger partial charge >= 0.3 is 0 Å². The lowest BCUT2D eigenvalue weighted by molar-refractivity contribution is -0.116. The Balaban J connectivity index is 1.84. The van der Waals surface area contributed by atoms with Crippen LogP contribution in [0.2, 0.25) is 0 Å². The van der Waals surface area contributed by atoms with Crippen LogP contribution in [0, 0.1) is 6.92 Å². The molecule has 1 aromatic heterocycles. The largest absolute Gasteiger partial charge is 0.454 e. The molecule has 2 aromatic rings. The first-order valence-electron chi connectivity index (χ1n) is 6.86. The van der Waals surface area contributed by atoms with Crippen molar-refractivity contribution in [1.29, 1.82) is 0 Å². The molecule has 0 fully saturated rings. The highest BCUT2D eigenvalue weighted by molar-refractivity contribution is 5.94. The van der Waals surface area contributed by atoms with Crippen molar-refractivity contribution in [2.45, 2.75) is 19.3 Å². The number of anilines is 1. The van der Waals surface area contributed by atoms with Gasteiger partial charge < -0.3 is 14.8 Å². The zero-order chi connectivity index (χ0) is 14.6. The van der Waals surface area contributed by atoms with Crippen LogP contribution in [0.1, 0.15) is 29.2 Å². The van der Waals surface area contributed by atoms with Crippen molar-refractivity contribution in [3.05, 3.63) is 35.0 Å². The van der Waals surface area contributed by atoms with Gasteiger partial charge in [-0.1, -0.05) is 6.07 Å². The van der Waals surface area contributed by atoms with Gasteiger partial charge in [0, 0.05) is 24.9 Å². The Morgan fingerprint density at radius 3 is 3.00 bits per heavy atom. The Labute approximate surface area is 121 Å². The highest BCUT2D eigenvalue weighted by atomic mass is 16.7. The van der Waals surface area contributed by atoms with Crippen LogP contribution >= 0.6 is 0 Å². The SMILES string of the molecule is Cc1nn(C)c2c1[C@H](c1ccc3c(c1)OCO3)CC(=O)N2. The number of ether oxygens (including phenoxy) is 2. The molecule has 0 radical (unpaired) electrons. The lowest BCUT2D eigenvalue weighted by atomic mass is 9.85. The third kappa shape index (κ3) is 1.79. The van der Waals surface area contributed by atoms with Crippen molar-refractivity contribution < 1.29 is 14.3 Å². The molecule has 1 N–H and O–H groups in total. The number of aryl methyl sites for hydroxylation is 2. The molecule has 1 amide bonds. The van der Waals surface area contributed by atoms with Crippen LogP contribution < -0.4 is 14.8 Å². The zero-order valence-corrected chi connectivity index (χ0v) is 11.8. The smallest absolute Gasteiger partial charge is 0.231 e. The number of nitrogens with zero attached hydrogens (tertiary/aromatic N) is 2. The minimum Gasteiger partial charge on any atom is -0.454 e. The topological polar surface area (TPSA) is 65.4 Å². The molecule has 0 aliphatic carbocycles. The Morgan fingerprint density at radius 2 is 2.14 bits per heavy atom. The molecule has 1 atom stereocenters. The minimum absolute atomic E-state index is 0.00282. The van der Waals surface area contributed by atoms with E-state index in [2.05, 4.69) is 10.4 Å². The molecular formula is C15H15N3O3. The summed E-state index contributed by atoms with van der Waals surface area (Å²) in [6.45, 7) is 2.22. The van der Waals surface area contributed by atoms with E-state index in [4.69, 9.17) is 9.47 Å². The number of nitrogens with one attached hydrogen (secondary N) is 1. The van der Waals surface area contributed by atoms with Crippen molar-refractivity contribution in [2.24, 2.45) is 7.05 Å². The first-order valence-corrected chi connectivity index (χ1v) is 6.86. The number of rotatable bonds is 1. The normalized spacial score (nSPS) is 19.3. The Morgan fingerprint density at radius 1 is 1.33 bits per heavy atom. The standard InChI is InChI=1S/C15H15N3O3/c1-8-14-10(6-13(19)16-15(14)18(2)17-8)9-3-4-11-12(5-9)21-7-20-11/h3-5,10H,6-7H2,1-2H3,(H,16,19)/t10-/m0/s1. The maximum atomic E-state index is 12.0. The Bertz CT molecular complexity index is 751. The highest BCUT2D eigenvalue weighted by Gasteiger charge is 2.32. The van der Waals surface area contributed by atoms with Gasteiger partial charge in [0.15, 0.2) is 11.5 Å². The third-order valence-electron chi connectivity index (χ3n) is 4.06. The summed E-state index contributed by atoms with van der Waals surface area (Å²) < 4.78 is 12.5. The second-order valence-corrected chi connectivity index (χ2v) is 5.39. The van der Waals surface area contributed by atoms with E-state index in [1.165, 1.54) is 0 Å². The van der Waals surface area contributed by atoms with Gasteiger partial charge in [-0.2, -0.15) is 5.10 Å². The fraction of sp³-hybridized carbons (Fsp3) is 0.333. The van der Waals surface area contributed by atoms with E-state index in [1.807, 2.05) is 32.2 Å². The van der Waals surface area contributed by atoms with Gasteiger partial charge in [0.25, 0.3) is 0 Å². The van der Waals surface area contributed by atoms with E-state index in [9.17, 15) is 4.79 Å². The van der Waals surface area contributed by atoms with Crippen LogP contribution in [0.4, 0.5) is 5.82 Å². The van der Waals surface area contributed by atoms with Gasteiger partial charge in [0.1, 0.15) is 5.82 Å². The summed E-state index contributed by atoms with van der Waals surface area (Å²) in [6.07, 6.45) is 0.416. The van der Waals surface area contributed by atoms with Gasteiger partial charge in [-0.25, -0.2) is 0 Å². The Kier molecular flexibility index (Phi) is 2.48. The fourth-order valence-electron chi connectivity index (χ4n) is 3.12. The first kappa shape index (κ1) is 12.3. The van der Waals surface area contributed by atoms with Crippen LogP contribution in [0.15, 0.2) is 18.2 Å². The molecule has 108 valence electrons. The van der Waals surface area contributed by atoms with Crippen molar-refractivity contribution in [3.63, 3.8) is 0 Å². The molecule has 6 heteroatoms. The number of carbonyl (C=O) groups excluding carboxylic acids is 1. The molecule has 2 aliphatic heterocycles. The number of aromatic nitrogens is 2. The van der Waals surface area contributed by atoms with Crippen molar-refractivity contribution in [3.8, 4) is 11.5 Å². The van der Waals surface area contributed by atoms with E-state index in [-0.39, 0.29) is 18.6 Å². The maximum absolute atomic E-state index is 12.0. The van der Waals surface area contributed by atoms with E-state index < -0.39 is 0 Å². The summed E-state index contributed by atoms with van der Waals surface area (Å²) in [5, 5.41) is 7.33. The predicted octanol–water partition coefficient (Wildman–Crippen LogP) is 1.93. The lowest BCUT2D eigenvalue weighted by Gasteiger charge is -2.24. The van der Waals surface area contributed by atoms with Crippen molar-refractivity contribution in [1.82, 2.24) is 9.78 Å². The van der Waals surface area contributed by atoms with Crippen molar-refractivity contribution >= 4 is 11.7 Å². The molecule has 0 spiro atoms. The number of hydrogen-bond donors (Lipinski definition) is 1. The fourth-order valence-corrected chi connectivity index (χ4v) is 3.12. The minimum atomic E-state index is -0.00282. The molecule has 4 rings (SSSR count). The summed E-state index contributed by atoms with van der Waals surface area (Å²) in [5.41, 5.74) is 3.07. The third-order valence-corrected chi connectivity index (χ3v) is 4.06. The van der Waals surface area contributed by atoms with E-state index in [0.29, 0.717) is 6.42 Å². The summed E-state index contributed by atoms with van der Waals surface area (Å²) >= 11 is 0. The van der Waals surface area contributed by atoms with Gasteiger partial charge in [-0.15, -0.1) is 0 Å². The average molecular weight is 285 g/mol.